The van der Waals surface area contributed by atoms with Crippen LogP contribution < -0.4 is 10.6 Å². The molecule has 3 rings (SSSR count). The van der Waals surface area contributed by atoms with Gasteiger partial charge in [0.15, 0.2) is 0 Å². The summed E-state index contributed by atoms with van der Waals surface area (Å²) in [5.41, 5.74) is 3.10. The average molecular weight is 271 g/mol. The predicted molar refractivity (Wildman–Crippen MR) is 75.7 cm³/mol. The Morgan fingerprint density at radius 2 is 2.35 bits per heavy atom. The molecule has 1 amide bonds. The lowest BCUT2D eigenvalue weighted by atomic mass is 10.1. The van der Waals surface area contributed by atoms with E-state index in [0.29, 0.717) is 6.54 Å². The van der Waals surface area contributed by atoms with Crippen LogP contribution in [0.1, 0.15) is 28.2 Å². The Bertz CT molecular complexity index is 594. The third-order valence-corrected chi connectivity index (χ3v) is 3.42. The number of nitrogens with one attached hydrogen (secondary N) is 3. The van der Waals surface area contributed by atoms with Crippen LogP contribution in [0.3, 0.4) is 0 Å². The molecule has 2 aromatic rings. The van der Waals surface area contributed by atoms with Gasteiger partial charge >= 0.3 is 0 Å². The smallest absolute Gasteiger partial charge is 0.251 e. The molecule has 1 aromatic heterocycles. The fourth-order valence-corrected chi connectivity index (χ4v) is 2.36. The lowest BCUT2D eigenvalue weighted by Crippen LogP contribution is -2.24. The van der Waals surface area contributed by atoms with Crippen molar-refractivity contribution in [2.75, 3.05) is 18.4 Å². The van der Waals surface area contributed by atoms with Crippen molar-refractivity contribution in [1.29, 1.82) is 0 Å². The van der Waals surface area contributed by atoms with Crippen molar-refractivity contribution in [3.8, 4) is 0 Å². The first-order valence-corrected chi connectivity index (χ1v) is 6.82. The summed E-state index contributed by atoms with van der Waals surface area (Å²) in [6, 6.07) is 5.82. The van der Waals surface area contributed by atoms with Gasteiger partial charge in [0.25, 0.3) is 5.91 Å². The molecule has 104 valence electrons. The average Bonchev–Trinajstić information content (AvgIpc) is 3.13. The second kappa shape index (κ2) is 5.73. The van der Waals surface area contributed by atoms with E-state index < -0.39 is 0 Å². The lowest BCUT2D eigenvalue weighted by Gasteiger charge is -2.06. The highest BCUT2D eigenvalue weighted by Crippen LogP contribution is 2.22. The second-order valence-corrected chi connectivity index (χ2v) is 4.84. The minimum Gasteiger partial charge on any atom is -0.384 e. The van der Waals surface area contributed by atoms with Crippen LogP contribution in [0.5, 0.6) is 0 Å². The largest absolute Gasteiger partial charge is 0.384 e. The predicted octanol–water partition coefficient (Wildman–Crippen LogP) is 1.14. The number of H-pyrrole nitrogens is 1. The summed E-state index contributed by atoms with van der Waals surface area (Å²) in [5.74, 6) is 0.833. The summed E-state index contributed by atoms with van der Waals surface area (Å²) in [7, 11) is 0. The second-order valence-electron chi connectivity index (χ2n) is 4.84. The number of anilines is 1. The van der Waals surface area contributed by atoms with Crippen LogP contribution >= 0.6 is 0 Å². The number of fused-ring (bicyclic) bond motifs is 1. The van der Waals surface area contributed by atoms with E-state index in [9.17, 15) is 4.79 Å². The quantitative estimate of drug-likeness (QED) is 0.712. The van der Waals surface area contributed by atoms with Crippen LogP contribution in [-0.4, -0.2) is 34.2 Å². The summed E-state index contributed by atoms with van der Waals surface area (Å²) in [6.45, 7) is 1.59. The number of hydrogen-bond acceptors (Lipinski definition) is 4. The zero-order valence-electron chi connectivity index (χ0n) is 11.1. The Morgan fingerprint density at radius 3 is 3.20 bits per heavy atom. The van der Waals surface area contributed by atoms with Gasteiger partial charge in [0.05, 0.1) is 0 Å². The summed E-state index contributed by atoms with van der Waals surface area (Å²) in [5, 5.41) is 12.8. The van der Waals surface area contributed by atoms with Crippen molar-refractivity contribution in [2.24, 2.45) is 0 Å². The van der Waals surface area contributed by atoms with Gasteiger partial charge in [0.2, 0.25) is 0 Å². The molecule has 0 unspecified atom stereocenters. The summed E-state index contributed by atoms with van der Waals surface area (Å²) >= 11 is 0. The van der Waals surface area contributed by atoms with E-state index >= 15 is 0 Å². The summed E-state index contributed by atoms with van der Waals surface area (Å²) < 4.78 is 0. The van der Waals surface area contributed by atoms with E-state index in [0.717, 1.165) is 42.9 Å². The Balaban J connectivity index is 1.49. The molecule has 1 aliphatic heterocycles. The molecule has 0 atom stereocenters. The highest BCUT2D eigenvalue weighted by Gasteiger charge is 2.13. The van der Waals surface area contributed by atoms with Crippen molar-refractivity contribution < 1.29 is 4.79 Å². The first-order valence-electron chi connectivity index (χ1n) is 6.82. The first-order chi connectivity index (χ1) is 9.83. The Labute approximate surface area is 117 Å². The van der Waals surface area contributed by atoms with E-state index in [4.69, 9.17) is 0 Å². The number of hydrogen-bond donors (Lipinski definition) is 3. The Kier molecular flexibility index (Phi) is 3.62. The summed E-state index contributed by atoms with van der Waals surface area (Å²) in [4.78, 5) is 16.1. The molecule has 0 saturated heterocycles. The fourth-order valence-electron chi connectivity index (χ4n) is 2.36. The molecule has 0 radical (unpaired) electrons. The maximum absolute atomic E-state index is 12.0. The molecule has 6 heteroatoms. The van der Waals surface area contributed by atoms with Crippen LogP contribution in [0.15, 0.2) is 24.5 Å². The number of carbonyl (C=O) groups is 1. The molecule has 0 bridgehead atoms. The Hall–Kier alpha value is -2.37. The molecule has 0 spiro atoms. The highest BCUT2D eigenvalue weighted by atomic mass is 16.1. The lowest BCUT2D eigenvalue weighted by molar-refractivity contribution is 0.0953. The molecule has 0 saturated carbocycles. The first kappa shape index (κ1) is 12.7. The number of carbonyl (C=O) groups excluding carboxylic acids is 1. The zero-order valence-corrected chi connectivity index (χ0v) is 11.1. The molecule has 6 nitrogen and oxygen atoms in total. The monoisotopic (exact) mass is 271 g/mol. The van der Waals surface area contributed by atoms with Crippen LogP contribution in [0, 0.1) is 0 Å². The summed E-state index contributed by atoms with van der Waals surface area (Å²) in [6.07, 6.45) is 4.11. The van der Waals surface area contributed by atoms with Gasteiger partial charge in [0, 0.05) is 30.8 Å². The number of aromatic amines is 1. The Morgan fingerprint density at radius 1 is 1.40 bits per heavy atom. The number of aromatic nitrogens is 3. The minimum absolute atomic E-state index is 0.0164. The molecule has 0 fully saturated rings. The van der Waals surface area contributed by atoms with Crippen LogP contribution in [0.4, 0.5) is 5.69 Å². The van der Waals surface area contributed by atoms with Crippen LogP contribution in [0.25, 0.3) is 0 Å². The van der Waals surface area contributed by atoms with Crippen molar-refractivity contribution >= 4 is 11.6 Å². The molecular formula is C14H17N5O. The van der Waals surface area contributed by atoms with Crippen LogP contribution in [0.2, 0.25) is 0 Å². The van der Waals surface area contributed by atoms with Gasteiger partial charge in [-0.25, -0.2) is 4.98 Å². The highest BCUT2D eigenvalue weighted by molar-refractivity contribution is 5.95. The van der Waals surface area contributed by atoms with Crippen molar-refractivity contribution in [3.63, 3.8) is 0 Å². The van der Waals surface area contributed by atoms with Gasteiger partial charge in [-0.05, 0) is 36.6 Å². The van der Waals surface area contributed by atoms with Crippen molar-refractivity contribution in [3.05, 3.63) is 41.5 Å². The van der Waals surface area contributed by atoms with Crippen molar-refractivity contribution in [2.45, 2.75) is 19.3 Å². The third kappa shape index (κ3) is 2.79. The van der Waals surface area contributed by atoms with Gasteiger partial charge in [-0.1, -0.05) is 0 Å². The molecule has 2 heterocycles. The van der Waals surface area contributed by atoms with E-state index in [1.807, 2.05) is 18.2 Å². The number of nitrogens with zero attached hydrogens (tertiary/aromatic N) is 2. The standard InChI is InChI=1S/C14H17N5O/c20-14(16-6-1-2-13-17-9-18-19-13)11-3-4-12-10(8-11)5-7-15-12/h3-4,8-9,15H,1-2,5-7H2,(H,16,20)(H,17,18,19). The number of aryl methyl sites for hydroxylation is 1. The molecule has 0 aliphatic carbocycles. The zero-order chi connectivity index (χ0) is 13.8. The molecule has 1 aliphatic rings. The molecule has 20 heavy (non-hydrogen) atoms. The number of amides is 1. The van der Waals surface area contributed by atoms with Crippen molar-refractivity contribution in [1.82, 2.24) is 20.5 Å². The van der Waals surface area contributed by atoms with E-state index in [2.05, 4.69) is 25.8 Å². The van der Waals surface area contributed by atoms with E-state index in [1.165, 1.54) is 11.9 Å². The van der Waals surface area contributed by atoms with E-state index in [-0.39, 0.29) is 5.91 Å². The van der Waals surface area contributed by atoms with E-state index in [1.54, 1.807) is 0 Å². The molecule has 3 N–H and O–H groups in total. The van der Waals surface area contributed by atoms with Gasteiger partial charge < -0.3 is 10.6 Å². The van der Waals surface area contributed by atoms with Gasteiger partial charge in [-0.2, -0.15) is 5.10 Å². The number of rotatable bonds is 5. The van der Waals surface area contributed by atoms with Gasteiger partial charge in [-0.15, -0.1) is 0 Å². The maximum atomic E-state index is 12.0. The van der Waals surface area contributed by atoms with Crippen LogP contribution in [-0.2, 0) is 12.8 Å². The normalized spacial score (nSPS) is 12.8. The topological polar surface area (TPSA) is 82.7 Å². The minimum atomic E-state index is -0.0164. The SMILES string of the molecule is O=C(NCCCc1ncn[nH]1)c1ccc2c(c1)CCN2. The van der Waals surface area contributed by atoms with Gasteiger partial charge in [0.1, 0.15) is 12.2 Å². The molecular weight excluding hydrogens is 254 g/mol. The third-order valence-electron chi connectivity index (χ3n) is 3.42. The molecule has 1 aromatic carbocycles. The maximum Gasteiger partial charge on any atom is 0.251 e. The number of benzene rings is 1. The fraction of sp³-hybridized carbons (Fsp3) is 0.357. The van der Waals surface area contributed by atoms with Gasteiger partial charge in [-0.3, -0.25) is 9.89 Å².